The highest BCUT2D eigenvalue weighted by Crippen LogP contribution is 2.38. The number of benzene rings is 1. The molecule has 0 unspecified atom stereocenters. The van der Waals surface area contributed by atoms with Gasteiger partial charge < -0.3 is 23.6 Å². The van der Waals surface area contributed by atoms with Crippen LogP contribution in [-0.4, -0.2) is 51.3 Å². The normalized spacial score (nSPS) is 15.9. The second kappa shape index (κ2) is 11.5. The molecule has 2 amide bonds. The Morgan fingerprint density at radius 1 is 0.976 bits per heavy atom. The summed E-state index contributed by atoms with van der Waals surface area (Å²) in [6.07, 6.45) is 5.04. The molecule has 1 N–H and O–H groups in total. The average molecular weight is 561 g/mol. The van der Waals surface area contributed by atoms with E-state index in [-0.39, 0.29) is 24.3 Å². The van der Waals surface area contributed by atoms with Gasteiger partial charge in [-0.05, 0) is 68.3 Å². The lowest BCUT2D eigenvalue weighted by molar-refractivity contribution is -0.128. The summed E-state index contributed by atoms with van der Waals surface area (Å²) in [6.45, 7) is 4.15. The van der Waals surface area contributed by atoms with Crippen LogP contribution in [0.5, 0.6) is 11.5 Å². The van der Waals surface area contributed by atoms with Crippen molar-refractivity contribution in [3.8, 4) is 23.1 Å². The van der Waals surface area contributed by atoms with Crippen LogP contribution < -0.4 is 19.7 Å². The number of aryl methyl sites for hydroxylation is 2. The van der Waals surface area contributed by atoms with Crippen molar-refractivity contribution in [3.05, 3.63) is 59.7 Å². The van der Waals surface area contributed by atoms with Crippen LogP contribution in [0.15, 0.2) is 51.3 Å². The first-order valence-corrected chi connectivity index (χ1v) is 13.9. The van der Waals surface area contributed by atoms with Gasteiger partial charge in [0.15, 0.2) is 23.3 Å². The number of carbonyl (C=O) groups is 2. The summed E-state index contributed by atoms with van der Waals surface area (Å²) in [4.78, 5) is 30.7. The Morgan fingerprint density at radius 3 is 2.46 bits per heavy atom. The fraction of sp³-hybridized carbons (Fsp3) is 0.414. The summed E-state index contributed by atoms with van der Waals surface area (Å²) in [6, 6.07) is 11.2. The number of aromatic nitrogens is 4. The van der Waals surface area contributed by atoms with Gasteiger partial charge in [-0.2, -0.15) is 4.80 Å². The third-order valence-corrected chi connectivity index (χ3v) is 7.25. The lowest BCUT2D eigenvalue weighted by atomic mass is 9.95. The molecular weight excluding hydrogens is 528 g/mol. The molecule has 0 spiro atoms. The number of anilines is 1. The fourth-order valence-corrected chi connectivity index (χ4v) is 5.28. The standard InChI is InChI=1S/C29H32N6O6/c1-18-8-11-23(40-18)27(29(37)30-20-6-4-3-5-7-20)35(21-10-13-22-25(16-21)39-15-14-38-22)26(36)17-34-32-28(31-33-34)24-12-9-19(2)41-24/h8-13,16,20,27H,3-7,14-15,17H2,1-2H3,(H,30,37)/t27-/m1/s1. The summed E-state index contributed by atoms with van der Waals surface area (Å²) < 4.78 is 23.0. The summed E-state index contributed by atoms with van der Waals surface area (Å²) in [5, 5.41) is 15.6. The lowest BCUT2D eigenvalue weighted by Gasteiger charge is -2.32. The minimum absolute atomic E-state index is 0.0309. The van der Waals surface area contributed by atoms with Crippen molar-refractivity contribution in [1.29, 1.82) is 0 Å². The number of rotatable bonds is 8. The van der Waals surface area contributed by atoms with Crippen molar-refractivity contribution in [2.45, 2.75) is 64.6 Å². The molecule has 3 aromatic heterocycles. The number of hydrogen-bond acceptors (Lipinski definition) is 9. The van der Waals surface area contributed by atoms with Gasteiger partial charge in [-0.3, -0.25) is 14.5 Å². The Morgan fingerprint density at radius 2 is 1.73 bits per heavy atom. The van der Waals surface area contributed by atoms with Crippen molar-refractivity contribution < 1.29 is 27.9 Å². The number of hydrogen-bond donors (Lipinski definition) is 1. The molecule has 1 atom stereocenters. The predicted molar refractivity (Wildman–Crippen MR) is 146 cm³/mol. The Bertz CT molecular complexity index is 1530. The summed E-state index contributed by atoms with van der Waals surface area (Å²) in [5.41, 5.74) is 0.444. The van der Waals surface area contributed by atoms with Gasteiger partial charge in [0.25, 0.3) is 11.8 Å². The molecule has 1 fully saturated rings. The highest BCUT2D eigenvalue weighted by atomic mass is 16.6. The smallest absolute Gasteiger partial charge is 0.251 e. The SMILES string of the molecule is Cc1ccc(-c2nnn(CC(=O)N(c3ccc4c(c3)OCCO4)[C@@H](C(=O)NC3CCCCC3)c3ccc(C)o3)n2)o1. The van der Waals surface area contributed by atoms with E-state index in [9.17, 15) is 9.59 Å². The zero-order valence-corrected chi connectivity index (χ0v) is 23.0. The molecule has 12 heteroatoms. The van der Waals surface area contributed by atoms with Crippen LogP contribution >= 0.6 is 0 Å². The van der Waals surface area contributed by atoms with E-state index in [2.05, 4.69) is 20.7 Å². The van der Waals surface area contributed by atoms with Crippen molar-refractivity contribution >= 4 is 17.5 Å². The number of nitrogens with one attached hydrogen (secondary N) is 1. The zero-order valence-electron chi connectivity index (χ0n) is 23.0. The highest BCUT2D eigenvalue weighted by Gasteiger charge is 2.37. The molecule has 0 saturated heterocycles. The van der Waals surface area contributed by atoms with Crippen LogP contribution in [0.1, 0.15) is 55.4 Å². The molecule has 0 bridgehead atoms. The van der Waals surface area contributed by atoms with Crippen LogP contribution in [0.25, 0.3) is 11.6 Å². The molecule has 4 aromatic rings. The van der Waals surface area contributed by atoms with Gasteiger partial charge in [0, 0.05) is 17.8 Å². The first-order chi connectivity index (χ1) is 19.9. The first kappa shape index (κ1) is 26.6. The van der Waals surface area contributed by atoms with E-state index in [1.165, 1.54) is 9.70 Å². The Labute approximate surface area is 236 Å². The van der Waals surface area contributed by atoms with Crippen LogP contribution in [0.3, 0.4) is 0 Å². The van der Waals surface area contributed by atoms with Crippen molar-refractivity contribution in [2.24, 2.45) is 0 Å². The second-order valence-corrected chi connectivity index (χ2v) is 10.3. The number of furan rings is 2. The minimum Gasteiger partial charge on any atom is -0.486 e. The topological polar surface area (TPSA) is 138 Å². The lowest BCUT2D eigenvalue weighted by Crippen LogP contribution is -2.48. The van der Waals surface area contributed by atoms with Gasteiger partial charge >= 0.3 is 0 Å². The summed E-state index contributed by atoms with van der Waals surface area (Å²) in [5.74, 6) is 2.66. The van der Waals surface area contributed by atoms with Crippen LogP contribution in [0, 0.1) is 13.8 Å². The number of amides is 2. The molecule has 2 aliphatic rings. The quantitative estimate of drug-likeness (QED) is 0.337. The summed E-state index contributed by atoms with van der Waals surface area (Å²) in [7, 11) is 0. The molecule has 41 heavy (non-hydrogen) atoms. The van der Waals surface area contributed by atoms with E-state index in [0.717, 1.165) is 32.1 Å². The first-order valence-electron chi connectivity index (χ1n) is 13.9. The van der Waals surface area contributed by atoms with E-state index in [0.29, 0.717) is 53.4 Å². The molecule has 214 valence electrons. The summed E-state index contributed by atoms with van der Waals surface area (Å²) >= 11 is 0. The number of ether oxygens (including phenoxy) is 2. The van der Waals surface area contributed by atoms with Gasteiger partial charge in [-0.25, -0.2) is 0 Å². The fourth-order valence-electron chi connectivity index (χ4n) is 5.28. The monoisotopic (exact) mass is 560 g/mol. The molecule has 0 radical (unpaired) electrons. The van der Waals surface area contributed by atoms with Gasteiger partial charge in [-0.15, -0.1) is 10.2 Å². The molecule has 4 heterocycles. The largest absolute Gasteiger partial charge is 0.486 e. The minimum atomic E-state index is -1.09. The molecular formula is C29H32N6O6. The van der Waals surface area contributed by atoms with Gasteiger partial charge in [-0.1, -0.05) is 19.3 Å². The number of fused-ring (bicyclic) bond motifs is 1. The maximum atomic E-state index is 14.1. The van der Waals surface area contributed by atoms with Crippen molar-refractivity contribution in [2.75, 3.05) is 18.1 Å². The van der Waals surface area contributed by atoms with Gasteiger partial charge in [0.2, 0.25) is 5.82 Å². The van der Waals surface area contributed by atoms with Gasteiger partial charge in [0.1, 0.15) is 37.0 Å². The molecule has 6 rings (SSSR count). The average Bonchev–Trinajstić information content (AvgIpc) is 3.73. The van der Waals surface area contributed by atoms with E-state index in [4.69, 9.17) is 18.3 Å². The second-order valence-electron chi connectivity index (χ2n) is 10.3. The third kappa shape index (κ3) is 5.81. The van der Waals surface area contributed by atoms with Crippen molar-refractivity contribution in [1.82, 2.24) is 25.5 Å². The molecule has 1 aliphatic heterocycles. The Hall–Kier alpha value is -4.61. The third-order valence-electron chi connectivity index (χ3n) is 7.25. The van der Waals surface area contributed by atoms with E-state index in [1.807, 2.05) is 6.92 Å². The molecule has 1 aliphatic carbocycles. The van der Waals surface area contributed by atoms with E-state index in [1.54, 1.807) is 49.4 Å². The maximum absolute atomic E-state index is 14.1. The van der Waals surface area contributed by atoms with E-state index < -0.39 is 11.9 Å². The van der Waals surface area contributed by atoms with Crippen LogP contribution in [-0.2, 0) is 16.1 Å². The van der Waals surface area contributed by atoms with E-state index >= 15 is 0 Å². The molecule has 1 aromatic carbocycles. The Balaban J connectivity index is 1.36. The number of carbonyl (C=O) groups excluding carboxylic acids is 2. The maximum Gasteiger partial charge on any atom is 0.251 e. The predicted octanol–water partition coefficient (Wildman–Crippen LogP) is 4.14. The number of nitrogens with zero attached hydrogens (tertiary/aromatic N) is 5. The molecule has 12 nitrogen and oxygen atoms in total. The number of tetrazole rings is 1. The zero-order chi connectivity index (χ0) is 28.3. The van der Waals surface area contributed by atoms with Crippen LogP contribution in [0.4, 0.5) is 5.69 Å². The highest BCUT2D eigenvalue weighted by molar-refractivity contribution is 6.01. The molecule has 1 saturated carbocycles. The van der Waals surface area contributed by atoms with Gasteiger partial charge in [0.05, 0.1) is 0 Å². The van der Waals surface area contributed by atoms with Crippen LogP contribution in [0.2, 0.25) is 0 Å². The van der Waals surface area contributed by atoms with Crippen molar-refractivity contribution in [3.63, 3.8) is 0 Å². The Kier molecular flexibility index (Phi) is 7.45.